The first-order chi connectivity index (χ1) is 14.2. The Morgan fingerprint density at radius 1 is 1.21 bits per heavy atom. The molecule has 0 fully saturated rings. The van der Waals surface area contributed by atoms with Crippen LogP contribution in [-0.2, 0) is 17.9 Å². The smallest absolute Gasteiger partial charge is 0.260 e. The van der Waals surface area contributed by atoms with Crippen LogP contribution in [0.4, 0.5) is 0 Å². The molecule has 0 radical (unpaired) electrons. The number of nitrogens with one attached hydrogen (secondary N) is 1. The molecular formula is C22H20N6O. The second kappa shape index (κ2) is 7.98. The summed E-state index contributed by atoms with van der Waals surface area (Å²) in [7, 11) is 0. The lowest BCUT2D eigenvalue weighted by Crippen LogP contribution is -2.23. The van der Waals surface area contributed by atoms with Gasteiger partial charge < -0.3 is 9.13 Å². The Bertz CT molecular complexity index is 1260. The molecule has 0 aliphatic heterocycles. The van der Waals surface area contributed by atoms with E-state index in [4.69, 9.17) is 5.26 Å². The Morgan fingerprint density at radius 2 is 1.97 bits per heavy atom. The van der Waals surface area contributed by atoms with E-state index in [1.165, 1.54) is 0 Å². The van der Waals surface area contributed by atoms with E-state index in [1.807, 2.05) is 70.8 Å². The van der Waals surface area contributed by atoms with Gasteiger partial charge in [-0.25, -0.2) is 10.4 Å². The van der Waals surface area contributed by atoms with Crippen LogP contribution in [-0.4, -0.2) is 26.2 Å². The molecule has 0 aliphatic carbocycles. The molecule has 2 heterocycles. The van der Waals surface area contributed by atoms with Crippen LogP contribution in [0.2, 0.25) is 0 Å². The van der Waals surface area contributed by atoms with E-state index in [0.29, 0.717) is 13.0 Å². The normalized spacial score (nSPS) is 11.3. The Balaban J connectivity index is 1.49. The summed E-state index contributed by atoms with van der Waals surface area (Å²) in [5, 5.41) is 14.0. The molecule has 0 bridgehead atoms. The number of aromatic nitrogens is 3. The van der Waals surface area contributed by atoms with Crippen LogP contribution in [0, 0.1) is 18.3 Å². The van der Waals surface area contributed by atoms with Crippen molar-refractivity contribution in [1.29, 1.82) is 5.26 Å². The molecule has 0 spiro atoms. The molecule has 2 aromatic heterocycles. The lowest BCUT2D eigenvalue weighted by atomic mass is 10.2. The Kier molecular flexibility index (Phi) is 5.08. The molecule has 1 amide bonds. The van der Waals surface area contributed by atoms with Crippen molar-refractivity contribution in [2.24, 2.45) is 5.10 Å². The quantitative estimate of drug-likeness (QED) is 0.408. The predicted molar refractivity (Wildman–Crippen MR) is 112 cm³/mol. The third kappa shape index (κ3) is 3.73. The zero-order valence-electron chi connectivity index (χ0n) is 16.0. The number of amides is 1. The van der Waals surface area contributed by atoms with Crippen molar-refractivity contribution in [3.63, 3.8) is 0 Å². The third-order valence-corrected chi connectivity index (χ3v) is 4.82. The molecule has 2 aromatic carbocycles. The molecule has 0 aliphatic rings. The number of hydrogen-bond acceptors (Lipinski definition) is 4. The van der Waals surface area contributed by atoms with Crippen LogP contribution in [0.5, 0.6) is 0 Å². The van der Waals surface area contributed by atoms with Gasteiger partial charge in [0, 0.05) is 29.2 Å². The van der Waals surface area contributed by atoms with Crippen molar-refractivity contribution in [3.05, 3.63) is 66.1 Å². The highest BCUT2D eigenvalue weighted by molar-refractivity contribution is 5.99. The first-order valence-corrected chi connectivity index (χ1v) is 9.36. The van der Waals surface area contributed by atoms with E-state index < -0.39 is 0 Å². The van der Waals surface area contributed by atoms with E-state index >= 15 is 0 Å². The summed E-state index contributed by atoms with van der Waals surface area (Å²) in [6, 6.07) is 17.8. The van der Waals surface area contributed by atoms with Gasteiger partial charge in [-0.1, -0.05) is 30.3 Å². The van der Waals surface area contributed by atoms with E-state index in [9.17, 15) is 4.79 Å². The second-order valence-corrected chi connectivity index (χ2v) is 6.73. The number of carbonyl (C=O) groups is 1. The fourth-order valence-corrected chi connectivity index (χ4v) is 3.48. The highest BCUT2D eigenvalue weighted by Crippen LogP contribution is 2.20. The van der Waals surface area contributed by atoms with E-state index in [-0.39, 0.29) is 12.5 Å². The molecule has 4 aromatic rings. The van der Waals surface area contributed by atoms with Crippen molar-refractivity contribution in [1.82, 2.24) is 19.5 Å². The van der Waals surface area contributed by atoms with Gasteiger partial charge in [-0.3, -0.25) is 4.79 Å². The SMILES string of the molecule is Cc1nc2ccccc2n1CC(=O)N/N=C\c1cn(CCC#N)c2ccccc12. The van der Waals surface area contributed by atoms with Gasteiger partial charge in [0.2, 0.25) is 0 Å². The van der Waals surface area contributed by atoms with E-state index in [2.05, 4.69) is 21.6 Å². The lowest BCUT2D eigenvalue weighted by Gasteiger charge is -2.05. The molecule has 7 nitrogen and oxygen atoms in total. The average molecular weight is 384 g/mol. The van der Waals surface area contributed by atoms with E-state index in [0.717, 1.165) is 33.3 Å². The number of fused-ring (bicyclic) bond motifs is 2. The maximum absolute atomic E-state index is 12.4. The third-order valence-electron chi connectivity index (χ3n) is 4.82. The first kappa shape index (κ1) is 18.4. The summed E-state index contributed by atoms with van der Waals surface area (Å²) in [6.07, 6.45) is 4.03. The largest absolute Gasteiger partial charge is 0.346 e. The fraction of sp³-hybridized carbons (Fsp3) is 0.182. The number of hydrazone groups is 1. The van der Waals surface area contributed by atoms with Gasteiger partial charge in [0.25, 0.3) is 5.91 Å². The Labute approximate surface area is 167 Å². The van der Waals surface area contributed by atoms with Crippen LogP contribution < -0.4 is 5.43 Å². The summed E-state index contributed by atoms with van der Waals surface area (Å²) in [4.78, 5) is 16.9. The number of para-hydroxylation sites is 3. The van der Waals surface area contributed by atoms with Crippen molar-refractivity contribution >= 4 is 34.1 Å². The fourth-order valence-electron chi connectivity index (χ4n) is 3.48. The minimum absolute atomic E-state index is 0.146. The van der Waals surface area contributed by atoms with Crippen LogP contribution in [0.3, 0.4) is 0 Å². The molecule has 144 valence electrons. The zero-order chi connectivity index (χ0) is 20.2. The molecule has 1 N–H and O–H groups in total. The minimum Gasteiger partial charge on any atom is -0.346 e. The predicted octanol–water partition coefficient (Wildman–Crippen LogP) is 3.36. The number of nitriles is 1. The zero-order valence-corrected chi connectivity index (χ0v) is 16.0. The maximum atomic E-state index is 12.4. The standard InChI is InChI=1S/C22H20N6O/c1-16-25-19-8-3-5-10-21(19)28(16)15-22(29)26-24-13-17-14-27(12-6-11-23)20-9-4-2-7-18(17)20/h2-5,7-10,13-14H,6,12,15H2,1H3,(H,26,29)/b24-13-. The number of aryl methyl sites for hydroxylation is 2. The van der Waals surface area contributed by atoms with Gasteiger partial charge in [0.05, 0.1) is 29.7 Å². The Morgan fingerprint density at radius 3 is 2.79 bits per heavy atom. The van der Waals surface area contributed by atoms with Gasteiger partial charge in [0.15, 0.2) is 0 Å². The van der Waals surface area contributed by atoms with Gasteiger partial charge in [-0.05, 0) is 25.1 Å². The summed E-state index contributed by atoms with van der Waals surface area (Å²) in [5.41, 5.74) is 6.32. The highest BCUT2D eigenvalue weighted by atomic mass is 16.2. The van der Waals surface area contributed by atoms with Crippen molar-refractivity contribution in [2.45, 2.75) is 26.4 Å². The summed E-state index contributed by atoms with van der Waals surface area (Å²) < 4.78 is 3.90. The van der Waals surface area contributed by atoms with Crippen LogP contribution in [0.25, 0.3) is 21.9 Å². The Hall–Kier alpha value is -3.92. The number of carbonyl (C=O) groups excluding carboxylic acids is 1. The van der Waals surface area contributed by atoms with Crippen molar-refractivity contribution in [3.8, 4) is 6.07 Å². The number of rotatable bonds is 6. The average Bonchev–Trinajstić information content (AvgIpc) is 3.24. The maximum Gasteiger partial charge on any atom is 0.260 e. The van der Waals surface area contributed by atoms with Gasteiger partial charge in [-0.2, -0.15) is 10.4 Å². The monoisotopic (exact) mass is 384 g/mol. The van der Waals surface area contributed by atoms with Crippen LogP contribution >= 0.6 is 0 Å². The van der Waals surface area contributed by atoms with Gasteiger partial charge >= 0.3 is 0 Å². The second-order valence-electron chi connectivity index (χ2n) is 6.73. The molecule has 0 unspecified atom stereocenters. The topological polar surface area (TPSA) is 88.0 Å². The number of benzene rings is 2. The van der Waals surface area contributed by atoms with Crippen molar-refractivity contribution in [2.75, 3.05) is 0 Å². The molecule has 4 rings (SSSR count). The molecule has 0 atom stereocenters. The number of imidazole rings is 1. The highest BCUT2D eigenvalue weighted by Gasteiger charge is 2.10. The van der Waals surface area contributed by atoms with Gasteiger partial charge in [0.1, 0.15) is 12.4 Å². The first-order valence-electron chi connectivity index (χ1n) is 9.36. The summed E-state index contributed by atoms with van der Waals surface area (Å²) in [5.74, 6) is 0.562. The van der Waals surface area contributed by atoms with E-state index in [1.54, 1.807) is 6.21 Å². The molecular weight excluding hydrogens is 364 g/mol. The molecule has 7 heteroatoms. The van der Waals surface area contributed by atoms with Crippen molar-refractivity contribution < 1.29 is 4.79 Å². The molecule has 29 heavy (non-hydrogen) atoms. The molecule has 0 saturated heterocycles. The van der Waals surface area contributed by atoms with Crippen LogP contribution in [0.1, 0.15) is 17.8 Å². The minimum atomic E-state index is -0.222. The lowest BCUT2D eigenvalue weighted by molar-refractivity contribution is -0.121. The van der Waals surface area contributed by atoms with Crippen LogP contribution in [0.15, 0.2) is 59.8 Å². The summed E-state index contributed by atoms with van der Waals surface area (Å²) in [6.45, 7) is 2.64. The number of hydrogen-bond donors (Lipinski definition) is 1. The molecule has 0 saturated carbocycles. The van der Waals surface area contributed by atoms with Gasteiger partial charge in [-0.15, -0.1) is 0 Å². The summed E-state index contributed by atoms with van der Waals surface area (Å²) >= 11 is 0. The number of nitrogens with zero attached hydrogens (tertiary/aromatic N) is 5.